The van der Waals surface area contributed by atoms with Crippen LogP contribution in [-0.2, 0) is 51.3 Å². The van der Waals surface area contributed by atoms with Crippen LogP contribution in [0.4, 0.5) is 21.0 Å². The van der Waals surface area contributed by atoms with Gasteiger partial charge in [0, 0.05) is 93.4 Å². The molecule has 4 heterocycles. The number of benzene rings is 4. The molecule has 0 spiro atoms. The maximum absolute atomic E-state index is 13.0. The third kappa shape index (κ3) is 11.7. The van der Waals surface area contributed by atoms with E-state index in [-0.39, 0.29) is 73.1 Å². The minimum atomic E-state index is -0.422. The van der Waals surface area contributed by atoms with Crippen LogP contribution in [0.2, 0.25) is 0 Å². The molecule has 0 radical (unpaired) electrons. The van der Waals surface area contributed by atoms with Gasteiger partial charge in [0.1, 0.15) is 25.4 Å². The molecule has 4 aromatic carbocycles. The number of ether oxygens (including phenoxy) is 4. The summed E-state index contributed by atoms with van der Waals surface area (Å²) in [4.78, 5) is 80.3. The number of anilines is 2. The number of halogens is 1. The van der Waals surface area contributed by atoms with Gasteiger partial charge in [0.2, 0.25) is 11.8 Å². The molecule has 8 rings (SSSR count). The van der Waals surface area contributed by atoms with E-state index in [0.29, 0.717) is 51.9 Å². The van der Waals surface area contributed by atoms with Gasteiger partial charge in [-0.15, -0.1) is 0 Å². The monoisotopic (exact) mass is 950 g/mol. The lowest BCUT2D eigenvalue weighted by molar-refractivity contribution is -0.146. The molecule has 342 valence electrons. The average Bonchev–Trinajstić information content (AvgIpc) is 4.06. The number of amides is 4. The third-order valence-electron chi connectivity index (χ3n) is 12.4. The predicted octanol–water partition coefficient (Wildman–Crippen LogP) is 8.50. The Hall–Kier alpha value is -6.22. The van der Waals surface area contributed by atoms with Crippen molar-refractivity contribution in [2.24, 2.45) is 0 Å². The van der Waals surface area contributed by atoms with Crippen LogP contribution in [0.25, 0.3) is 0 Å². The molecule has 4 amide bonds. The topological polar surface area (TPSA) is 152 Å². The van der Waals surface area contributed by atoms with E-state index in [1.807, 2.05) is 103 Å². The lowest BCUT2D eigenvalue weighted by Gasteiger charge is -2.26. The van der Waals surface area contributed by atoms with Crippen molar-refractivity contribution in [1.29, 1.82) is 0 Å². The average molecular weight is 952 g/mol. The quantitative estimate of drug-likeness (QED) is 0.112. The van der Waals surface area contributed by atoms with Crippen molar-refractivity contribution in [2.75, 3.05) is 36.0 Å². The largest absolute Gasteiger partial charge is 0.461 e. The SMILES string of the molecule is CC(=O)O[C@H]1C[C@@H](C[C@H]2CN(C(C)=O)c3ccc(Br)cc32)N(C(=O)OCc2ccccc2)C1.CC(=O)O[C@H]1C[C@@H](C[C@H]2CN(C(C)=O)c3ccccc32)N(C(=O)OCc2ccccc2)C1. The summed E-state index contributed by atoms with van der Waals surface area (Å²) in [6, 6.07) is 32.5. The number of likely N-dealkylation sites (tertiary alicyclic amines) is 2. The normalized spacial score (nSPS) is 21.7. The summed E-state index contributed by atoms with van der Waals surface area (Å²) in [5.41, 5.74) is 5.84. The number of carbonyl (C=O) groups is 6. The van der Waals surface area contributed by atoms with Crippen LogP contribution in [-0.4, -0.2) is 96.2 Å². The molecule has 14 nitrogen and oxygen atoms in total. The summed E-state index contributed by atoms with van der Waals surface area (Å²) in [6.07, 6.45) is 0.840. The summed E-state index contributed by atoms with van der Waals surface area (Å²) in [5, 5.41) is 0. The molecule has 4 aromatic rings. The van der Waals surface area contributed by atoms with Gasteiger partial charge in [-0.3, -0.25) is 19.2 Å². The first kappa shape index (κ1) is 46.8. The molecule has 0 aromatic heterocycles. The van der Waals surface area contributed by atoms with Crippen LogP contribution in [0.5, 0.6) is 0 Å². The van der Waals surface area contributed by atoms with Gasteiger partial charge in [0.25, 0.3) is 0 Å². The van der Waals surface area contributed by atoms with E-state index in [1.165, 1.54) is 13.8 Å². The van der Waals surface area contributed by atoms with Gasteiger partial charge in [-0.2, -0.15) is 0 Å². The summed E-state index contributed by atoms with van der Waals surface area (Å²) in [5.74, 6) is -0.571. The highest BCUT2D eigenvalue weighted by Crippen LogP contribution is 2.43. The number of hydrogen-bond acceptors (Lipinski definition) is 10. The Morgan fingerprint density at radius 1 is 0.538 bits per heavy atom. The molecule has 6 atom stereocenters. The Balaban J connectivity index is 0.000000194. The fraction of sp³-hybridized carbons (Fsp3) is 0.400. The highest BCUT2D eigenvalue weighted by atomic mass is 79.9. The molecule has 0 N–H and O–H groups in total. The lowest BCUT2D eigenvalue weighted by Crippen LogP contribution is -2.38. The molecule has 0 aliphatic carbocycles. The third-order valence-corrected chi connectivity index (χ3v) is 12.9. The maximum atomic E-state index is 13.0. The van der Waals surface area contributed by atoms with Crippen LogP contribution in [0.15, 0.2) is 108 Å². The van der Waals surface area contributed by atoms with Crippen molar-refractivity contribution < 1.29 is 47.7 Å². The van der Waals surface area contributed by atoms with Crippen LogP contribution >= 0.6 is 15.9 Å². The molecule has 2 saturated heterocycles. The van der Waals surface area contributed by atoms with Crippen LogP contribution in [0, 0.1) is 0 Å². The Kier molecular flexibility index (Phi) is 15.2. The number of fused-ring (bicyclic) bond motifs is 2. The maximum Gasteiger partial charge on any atom is 0.410 e. The molecule has 0 saturated carbocycles. The van der Waals surface area contributed by atoms with E-state index in [4.69, 9.17) is 18.9 Å². The zero-order valence-electron chi connectivity index (χ0n) is 37.1. The van der Waals surface area contributed by atoms with Gasteiger partial charge < -0.3 is 38.5 Å². The fourth-order valence-corrected chi connectivity index (χ4v) is 9.93. The minimum absolute atomic E-state index is 0.00304. The van der Waals surface area contributed by atoms with E-state index in [1.54, 1.807) is 33.4 Å². The first-order valence-corrected chi connectivity index (χ1v) is 22.8. The van der Waals surface area contributed by atoms with Gasteiger partial charge in [0.05, 0.1) is 13.1 Å². The van der Waals surface area contributed by atoms with E-state index in [9.17, 15) is 28.8 Å². The number of esters is 2. The van der Waals surface area contributed by atoms with Crippen molar-refractivity contribution in [2.45, 2.75) is 103 Å². The standard InChI is InChI=1S/C25H27BrN2O5.C25H28N2O5/c1-16(29)27-13-19(23-11-20(26)8-9-24(23)27)10-21-12-22(33-17(2)30)14-28(21)25(31)32-15-18-6-4-3-5-7-18;1-17(28)26-14-20(23-10-6-7-11-24(23)26)12-21-13-22(32-18(2)29)15-27(21)25(30)31-16-19-8-4-3-5-9-19/h3-9,11,19,21-22H,10,12-15H2,1-2H3;3-11,20-22H,12-16H2,1-2H3/t19-,21+,22-;20-,21+,22-/m00/s1. The fourth-order valence-electron chi connectivity index (χ4n) is 9.55. The second-order valence-electron chi connectivity index (χ2n) is 17.0. The van der Waals surface area contributed by atoms with E-state index in [0.717, 1.165) is 38.1 Å². The van der Waals surface area contributed by atoms with Crippen LogP contribution < -0.4 is 9.80 Å². The number of para-hydroxylation sites is 1. The molecule has 0 unspecified atom stereocenters. The summed E-state index contributed by atoms with van der Waals surface area (Å²) in [6.45, 7) is 7.99. The number of rotatable bonds is 10. The number of hydrogen-bond donors (Lipinski definition) is 0. The zero-order chi connectivity index (χ0) is 46.2. The first-order valence-electron chi connectivity index (χ1n) is 22.0. The molecular weight excluding hydrogens is 896 g/mol. The Morgan fingerprint density at radius 3 is 1.43 bits per heavy atom. The number of carbonyl (C=O) groups excluding carboxylic acids is 6. The van der Waals surface area contributed by atoms with E-state index < -0.39 is 12.2 Å². The van der Waals surface area contributed by atoms with E-state index in [2.05, 4.69) is 15.9 Å². The molecular formula is C50H55BrN4O10. The zero-order valence-corrected chi connectivity index (χ0v) is 38.7. The minimum Gasteiger partial charge on any atom is -0.461 e. The smallest absolute Gasteiger partial charge is 0.410 e. The molecule has 4 aliphatic heterocycles. The van der Waals surface area contributed by atoms with Crippen LogP contribution in [0.1, 0.15) is 87.5 Å². The molecule has 4 aliphatic rings. The first-order chi connectivity index (χ1) is 31.2. The summed E-state index contributed by atoms with van der Waals surface area (Å²) >= 11 is 3.53. The van der Waals surface area contributed by atoms with Crippen molar-refractivity contribution in [3.8, 4) is 0 Å². The lowest BCUT2D eigenvalue weighted by atomic mass is 9.92. The Bertz CT molecular complexity index is 2370. The van der Waals surface area contributed by atoms with Crippen molar-refractivity contribution in [3.05, 3.63) is 130 Å². The molecule has 65 heavy (non-hydrogen) atoms. The van der Waals surface area contributed by atoms with Gasteiger partial charge in [0.15, 0.2) is 0 Å². The molecule has 15 heteroatoms. The van der Waals surface area contributed by atoms with Crippen molar-refractivity contribution >= 4 is 63.2 Å². The van der Waals surface area contributed by atoms with Crippen molar-refractivity contribution in [1.82, 2.24) is 9.80 Å². The van der Waals surface area contributed by atoms with Gasteiger partial charge in [-0.25, -0.2) is 9.59 Å². The Morgan fingerprint density at radius 2 is 0.969 bits per heavy atom. The second kappa shape index (κ2) is 21.2. The van der Waals surface area contributed by atoms with Crippen LogP contribution in [0.3, 0.4) is 0 Å². The van der Waals surface area contributed by atoms with E-state index >= 15 is 0 Å². The second-order valence-corrected chi connectivity index (χ2v) is 17.9. The predicted molar refractivity (Wildman–Crippen MR) is 246 cm³/mol. The van der Waals surface area contributed by atoms with Gasteiger partial charge in [-0.1, -0.05) is 94.8 Å². The summed E-state index contributed by atoms with van der Waals surface area (Å²) in [7, 11) is 0. The number of nitrogens with zero attached hydrogens (tertiary/aromatic N) is 4. The molecule has 0 bridgehead atoms. The molecule has 2 fully saturated rings. The van der Waals surface area contributed by atoms with Gasteiger partial charge in [-0.05, 0) is 59.4 Å². The Labute approximate surface area is 387 Å². The van der Waals surface area contributed by atoms with Gasteiger partial charge >= 0.3 is 24.1 Å². The van der Waals surface area contributed by atoms with Crippen molar-refractivity contribution in [3.63, 3.8) is 0 Å². The summed E-state index contributed by atoms with van der Waals surface area (Å²) < 4.78 is 23.0. The highest BCUT2D eigenvalue weighted by Gasteiger charge is 2.43. The highest BCUT2D eigenvalue weighted by molar-refractivity contribution is 9.10.